The molecule has 21 heavy (non-hydrogen) atoms. The second-order valence-electron chi connectivity index (χ2n) is 6.52. The molecule has 1 N–H and O–H groups in total. The monoisotopic (exact) mass is 286 g/mol. The molecule has 0 radical (unpaired) electrons. The van der Waals surface area contributed by atoms with Crippen LogP contribution in [-0.2, 0) is 6.54 Å². The third-order valence-electron chi connectivity index (χ3n) is 4.28. The van der Waals surface area contributed by atoms with Gasteiger partial charge in [0.25, 0.3) is 0 Å². The van der Waals surface area contributed by atoms with Crippen molar-refractivity contribution in [3.05, 3.63) is 30.1 Å². The van der Waals surface area contributed by atoms with Gasteiger partial charge in [-0.05, 0) is 44.4 Å². The number of aromatic nitrogens is 2. The van der Waals surface area contributed by atoms with Crippen molar-refractivity contribution in [2.45, 2.75) is 46.2 Å². The maximum atomic E-state index is 4.89. The summed E-state index contributed by atoms with van der Waals surface area (Å²) in [6.07, 6.45) is 4.67. The van der Waals surface area contributed by atoms with Gasteiger partial charge in [0.2, 0.25) is 0 Å². The molecule has 4 nitrogen and oxygen atoms in total. The highest BCUT2D eigenvalue weighted by molar-refractivity contribution is 5.57. The lowest BCUT2D eigenvalue weighted by atomic mass is 10.2. The van der Waals surface area contributed by atoms with E-state index in [4.69, 9.17) is 4.98 Å². The van der Waals surface area contributed by atoms with Crippen LogP contribution in [-0.4, -0.2) is 28.5 Å². The quantitative estimate of drug-likeness (QED) is 0.917. The molecule has 2 aromatic heterocycles. The Morgan fingerprint density at radius 1 is 1.38 bits per heavy atom. The summed E-state index contributed by atoms with van der Waals surface area (Å²) in [6, 6.07) is 6.83. The number of anilines is 1. The van der Waals surface area contributed by atoms with E-state index in [9.17, 15) is 0 Å². The average molecular weight is 286 g/mol. The van der Waals surface area contributed by atoms with Crippen molar-refractivity contribution in [1.29, 1.82) is 0 Å². The number of rotatable bonds is 5. The Kier molecular flexibility index (Phi) is 4.15. The largest absolute Gasteiger partial charge is 0.352 e. The summed E-state index contributed by atoms with van der Waals surface area (Å²) in [5.74, 6) is 1.83. The van der Waals surface area contributed by atoms with Crippen LogP contribution < -0.4 is 10.2 Å². The third-order valence-corrected chi connectivity index (χ3v) is 4.28. The maximum Gasteiger partial charge on any atom is 0.152 e. The molecule has 114 valence electrons. The molecule has 1 unspecified atom stereocenters. The van der Waals surface area contributed by atoms with Crippen molar-refractivity contribution in [3.63, 3.8) is 0 Å². The first-order chi connectivity index (χ1) is 10.2. The van der Waals surface area contributed by atoms with Gasteiger partial charge in [-0.3, -0.25) is 0 Å². The number of pyridine rings is 1. The number of hydrogen-bond donors (Lipinski definition) is 1. The van der Waals surface area contributed by atoms with Crippen LogP contribution in [0.5, 0.6) is 0 Å². The van der Waals surface area contributed by atoms with Gasteiger partial charge >= 0.3 is 0 Å². The Morgan fingerprint density at radius 2 is 2.24 bits per heavy atom. The Bertz CT molecular complexity index is 602. The molecule has 0 aliphatic carbocycles. The van der Waals surface area contributed by atoms with Gasteiger partial charge in [-0.15, -0.1) is 0 Å². The highest BCUT2D eigenvalue weighted by Crippen LogP contribution is 2.28. The molecule has 3 rings (SSSR count). The fraction of sp³-hybridized carbons (Fsp3) is 0.588. The molecule has 2 aromatic rings. The van der Waals surface area contributed by atoms with Gasteiger partial charge in [-0.25, -0.2) is 4.98 Å². The first kappa shape index (κ1) is 14.4. The van der Waals surface area contributed by atoms with Crippen molar-refractivity contribution in [2.24, 2.45) is 5.92 Å². The van der Waals surface area contributed by atoms with E-state index in [0.29, 0.717) is 12.0 Å². The molecule has 0 aromatic carbocycles. The zero-order valence-electron chi connectivity index (χ0n) is 13.3. The third kappa shape index (κ3) is 2.91. The summed E-state index contributed by atoms with van der Waals surface area (Å²) in [6.45, 7) is 9.83. The minimum atomic E-state index is 0.596. The summed E-state index contributed by atoms with van der Waals surface area (Å²) in [5.41, 5.74) is 2.34. The predicted octanol–water partition coefficient (Wildman–Crippen LogP) is 3.07. The number of nitrogens with zero attached hydrogens (tertiary/aromatic N) is 3. The number of fused-ring (bicyclic) bond motifs is 1. The van der Waals surface area contributed by atoms with E-state index in [1.165, 1.54) is 24.4 Å². The molecule has 0 amide bonds. The van der Waals surface area contributed by atoms with Crippen LogP contribution in [0.4, 0.5) is 5.82 Å². The van der Waals surface area contributed by atoms with Crippen molar-refractivity contribution in [2.75, 3.05) is 18.0 Å². The van der Waals surface area contributed by atoms with Crippen molar-refractivity contribution < 1.29 is 0 Å². The summed E-state index contributed by atoms with van der Waals surface area (Å²) < 4.78 is 2.23. The second kappa shape index (κ2) is 6.06. The lowest BCUT2D eigenvalue weighted by molar-refractivity contribution is 0.546. The molecule has 1 aliphatic rings. The molecule has 3 heterocycles. The molecule has 0 bridgehead atoms. The van der Waals surface area contributed by atoms with Crippen molar-refractivity contribution >= 4 is 11.5 Å². The van der Waals surface area contributed by atoms with Crippen LogP contribution in [0.1, 0.15) is 39.3 Å². The molecular weight excluding hydrogens is 260 g/mol. The molecule has 4 heteroatoms. The first-order valence-electron chi connectivity index (χ1n) is 8.10. The second-order valence-corrected chi connectivity index (χ2v) is 6.52. The van der Waals surface area contributed by atoms with Crippen molar-refractivity contribution in [3.8, 4) is 0 Å². The van der Waals surface area contributed by atoms with Gasteiger partial charge in [0.1, 0.15) is 5.65 Å². The Labute approximate surface area is 127 Å². The zero-order valence-corrected chi connectivity index (χ0v) is 13.3. The number of hydrogen-bond acceptors (Lipinski definition) is 3. The zero-order chi connectivity index (χ0) is 14.8. The van der Waals surface area contributed by atoms with Gasteiger partial charge in [-0.2, -0.15) is 0 Å². The van der Waals surface area contributed by atoms with E-state index >= 15 is 0 Å². The highest BCUT2D eigenvalue weighted by atomic mass is 15.3. The SMILES string of the molecule is CC(C)CNCc1c(N2CCCC2C)nc2ccccn12. The van der Waals surface area contributed by atoms with Crippen LogP contribution in [0.2, 0.25) is 0 Å². The number of imidazole rings is 1. The van der Waals surface area contributed by atoms with Crippen LogP contribution in [0, 0.1) is 5.92 Å². The number of nitrogens with one attached hydrogen (secondary N) is 1. The van der Waals surface area contributed by atoms with Crippen LogP contribution >= 0.6 is 0 Å². The molecule has 1 fully saturated rings. The minimum absolute atomic E-state index is 0.596. The van der Waals surface area contributed by atoms with E-state index in [0.717, 1.165) is 25.3 Å². The molecule has 0 spiro atoms. The van der Waals surface area contributed by atoms with Gasteiger partial charge < -0.3 is 14.6 Å². The average Bonchev–Trinajstić information content (AvgIpc) is 3.02. The Balaban J connectivity index is 1.93. The van der Waals surface area contributed by atoms with Crippen LogP contribution in [0.15, 0.2) is 24.4 Å². The van der Waals surface area contributed by atoms with E-state index in [-0.39, 0.29) is 0 Å². The lowest BCUT2D eigenvalue weighted by Crippen LogP contribution is -2.29. The van der Waals surface area contributed by atoms with Crippen molar-refractivity contribution in [1.82, 2.24) is 14.7 Å². The smallest absolute Gasteiger partial charge is 0.152 e. The summed E-state index contributed by atoms with van der Waals surface area (Å²) in [4.78, 5) is 7.36. The van der Waals surface area contributed by atoms with E-state index in [1.807, 2.05) is 0 Å². The van der Waals surface area contributed by atoms with Crippen LogP contribution in [0.25, 0.3) is 5.65 Å². The Hall–Kier alpha value is -1.55. The normalized spacial score (nSPS) is 19.0. The van der Waals surface area contributed by atoms with Gasteiger partial charge in [0.15, 0.2) is 5.82 Å². The van der Waals surface area contributed by atoms with Gasteiger partial charge in [0, 0.05) is 25.3 Å². The maximum absolute atomic E-state index is 4.89. The summed E-state index contributed by atoms with van der Waals surface area (Å²) in [5, 5.41) is 3.57. The van der Waals surface area contributed by atoms with E-state index in [1.54, 1.807) is 0 Å². The van der Waals surface area contributed by atoms with Gasteiger partial charge in [-0.1, -0.05) is 19.9 Å². The fourth-order valence-electron chi connectivity index (χ4n) is 3.16. The summed E-state index contributed by atoms with van der Waals surface area (Å²) >= 11 is 0. The van der Waals surface area contributed by atoms with Gasteiger partial charge in [0.05, 0.1) is 5.69 Å². The standard InChI is InChI=1S/C17H26N4/c1-13(2)11-18-12-15-17(20-10-6-7-14(20)3)19-16-8-4-5-9-21(15)16/h4-5,8-9,13-14,18H,6-7,10-12H2,1-3H3. The first-order valence-corrected chi connectivity index (χ1v) is 8.10. The van der Waals surface area contributed by atoms with E-state index < -0.39 is 0 Å². The predicted molar refractivity (Wildman–Crippen MR) is 87.8 cm³/mol. The molecule has 1 saturated heterocycles. The Morgan fingerprint density at radius 3 is 2.95 bits per heavy atom. The molecule has 1 aliphatic heterocycles. The molecule has 0 saturated carbocycles. The molecular formula is C17H26N4. The topological polar surface area (TPSA) is 32.6 Å². The fourth-order valence-corrected chi connectivity index (χ4v) is 3.16. The molecule has 1 atom stereocenters. The van der Waals surface area contributed by atoms with Crippen LogP contribution in [0.3, 0.4) is 0 Å². The minimum Gasteiger partial charge on any atom is -0.352 e. The summed E-state index contributed by atoms with van der Waals surface area (Å²) in [7, 11) is 0. The highest BCUT2D eigenvalue weighted by Gasteiger charge is 2.26. The lowest BCUT2D eigenvalue weighted by Gasteiger charge is -2.23. The van der Waals surface area contributed by atoms with E-state index in [2.05, 4.69) is 59.8 Å².